The van der Waals surface area contributed by atoms with Gasteiger partial charge in [-0.2, -0.15) is 0 Å². The number of anilines is 1. The first-order valence-corrected chi connectivity index (χ1v) is 9.06. The number of carbonyl (C=O) groups excluding carboxylic acids is 2. The molecule has 5 nitrogen and oxygen atoms in total. The minimum Gasteiger partial charge on any atom is -0.459 e. The van der Waals surface area contributed by atoms with Crippen LogP contribution in [0.15, 0.2) is 41.0 Å². The third-order valence-corrected chi connectivity index (χ3v) is 5.29. The molecule has 1 aromatic heterocycles. The number of rotatable bonds is 2. The molecule has 2 aromatic rings. The maximum absolute atomic E-state index is 13.5. The summed E-state index contributed by atoms with van der Waals surface area (Å²) in [5, 5.41) is 0. The molecule has 0 radical (unpaired) electrons. The third-order valence-electron chi connectivity index (χ3n) is 5.29. The van der Waals surface area contributed by atoms with Gasteiger partial charge in [0.25, 0.3) is 5.91 Å². The number of fused-ring (bicyclic) bond motifs is 1. The van der Waals surface area contributed by atoms with Gasteiger partial charge in [-0.1, -0.05) is 0 Å². The van der Waals surface area contributed by atoms with Gasteiger partial charge >= 0.3 is 0 Å². The van der Waals surface area contributed by atoms with Gasteiger partial charge in [-0.15, -0.1) is 0 Å². The second-order valence-corrected chi connectivity index (χ2v) is 6.91. The van der Waals surface area contributed by atoms with Gasteiger partial charge in [0.05, 0.1) is 6.26 Å². The van der Waals surface area contributed by atoms with Crippen LogP contribution in [-0.2, 0) is 11.2 Å². The molecule has 1 aromatic carbocycles. The van der Waals surface area contributed by atoms with Crippen LogP contribution in [-0.4, -0.2) is 36.3 Å². The van der Waals surface area contributed by atoms with Crippen molar-refractivity contribution in [2.24, 2.45) is 5.92 Å². The van der Waals surface area contributed by atoms with Crippen molar-refractivity contribution in [1.29, 1.82) is 0 Å². The zero-order valence-corrected chi connectivity index (χ0v) is 14.5. The molecule has 0 unspecified atom stereocenters. The molecule has 2 aliphatic heterocycles. The Balaban J connectivity index is 1.42. The molecule has 0 spiro atoms. The third kappa shape index (κ3) is 3.11. The van der Waals surface area contributed by atoms with Crippen LogP contribution in [0.5, 0.6) is 0 Å². The molecule has 3 heterocycles. The molecule has 26 heavy (non-hydrogen) atoms. The summed E-state index contributed by atoms with van der Waals surface area (Å²) in [6, 6.07) is 8.00. The highest BCUT2D eigenvalue weighted by Gasteiger charge is 2.33. The highest BCUT2D eigenvalue weighted by molar-refractivity contribution is 5.96. The van der Waals surface area contributed by atoms with E-state index in [9.17, 15) is 14.0 Å². The van der Waals surface area contributed by atoms with Crippen molar-refractivity contribution in [2.45, 2.75) is 25.7 Å². The van der Waals surface area contributed by atoms with Crippen molar-refractivity contribution >= 4 is 17.5 Å². The SMILES string of the molecule is O=C(c1ccco1)N1CCC(C(=O)N2CCCc3cc(F)ccc32)CC1. The number of benzene rings is 1. The van der Waals surface area contributed by atoms with Crippen LogP contribution >= 0.6 is 0 Å². The van der Waals surface area contributed by atoms with Crippen LogP contribution in [0.25, 0.3) is 0 Å². The number of furan rings is 1. The van der Waals surface area contributed by atoms with Gasteiger partial charge in [0, 0.05) is 31.2 Å². The Morgan fingerprint density at radius 2 is 1.92 bits per heavy atom. The molecule has 1 saturated heterocycles. The van der Waals surface area contributed by atoms with Crippen LogP contribution in [0.4, 0.5) is 10.1 Å². The lowest BCUT2D eigenvalue weighted by molar-refractivity contribution is -0.123. The van der Waals surface area contributed by atoms with E-state index in [-0.39, 0.29) is 23.5 Å². The number of nitrogens with zero attached hydrogens (tertiary/aromatic N) is 2. The molecule has 2 aliphatic rings. The largest absolute Gasteiger partial charge is 0.459 e. The summed E-state index contributed by atoms with van der Waals surface area (Å²) in [6.07, 6.45) is 4.40. The number of aryl methyl sites for hydroxylation is 1. The van der Waals surface area contributed by atoms with Crippen molar-refractivity contribution < 1.29 is 18.4 Å². The molecular formula is C20H21FN2O3. The van der Waals surface area contributed by atoms with Gasteiger partial charge in [-0.05, 0) is 61.6 Å². The fourth-order valence-corrected chi connectivity index (χ4v) is 3.90. The van der Waals surface area contributed by atoms with Crippen molar-refractivity contribution in [1.82, 2.24) is 4.90 Å². The Labute approximate surface area is 151 Å². The number of halogens is 1. The molecule has 2 amide bonds. The Morgan fingerprint density at radius 1 is 1.12 bits per heavy atom. The van der Waals surface area contributed by atoms with Gasteiger partial charge in [-0.25, -0.2) is 4.39 Å². The van der Waals surface area contributed by atoms with Crippen molar-refractivity contribution in [2.75, 3.05) is 24.5 Å². The number of likely N-dealkylation sites (tertiary alicyclic amines) is 1. The zero-order chi connectivity index (χ0) is 18.1. The van der Waals surface area contributed by atoms with E-state index in [0.717, 1.165) is 24.1 Å². The van der Waals surface area contributed by atoms with E-state index in [1.165, 1.54) is 18.4 Å². The minimum atomic E-state index is -0.261. The fourth-order valence-electron chi connectivity index (χ4n) is 3.90. The minimum absolute atomic E-state index is 0.0858. The number of amides is 2. The van der Waals surface area contributed by atoms with Crippen LogP contribution < -0.4 is 4.90 Å². The normalized spacial score (nSPS) is 17.9. The van der Waals surface area contributed by atoms with E-state index in [4.69, 9.17) is 4.42 Å². The predicted molar refractivity (Wildman–Crippen MR) is 94.4 cm³/mol. The molecule has 4 rings (SSSR count). The molecule has 0 atom stereocenters. The first-order valence-electron chi connectivity index (χ1n) is 9.06. The van der Waals surface area contributed by atoms with Crippen LogP contribution in [0.1, 0.15) is 35.4 Å². The molecule has 0 saturated carbocycles. The molecule has 0 aliphatic carbocycles. The lowest BCUT2D eigenvalue weighted by Crippen LogP contribution is -2.45. The number of piperidine rings is 1. The highest BCUT2D eigenvalue weighted by Crippen LogP contribution is 2.31. The Morgan fingerprint density at radius 3 is 2.65 bits per heavy atom. The van der Waals surface area contributed by atoms with Gasteiger partial charge in [0.2, 0.25) is 5.91 Å². The maximum Gasteiger partial charge on any atom is 0.289 e. The number of hydrogen-bond donors (Lipinski definition) is 0. The van der Waals surface area contributed by atoms with Gasteiger partial charge in [0.15, 0.2) is 5.76 Å². The second kappa shape index (κ2) is 6.94. The average molecular weight is 356 g/mol. The number of carbonyl (C=O) groups is 2. The summed E-state index contributed by atoms with van der Waals surface area (Å²) < 4.78 is 18.6. The zero-order valence-electron chi connectivity index (χ0n) is 14.5. The first kappa shape index (κ1) is 16.8. The van der Waals surface area contributed by atoms with E-state index >= 15 is 0 Å². The van der Waals surface area contributed by atoms with Crippen molar-refractivity contribution in [3.63, 3.8) is 0 Å². The fraction of sp³-hybridized carbons (Fsp3) is 0.400. The van der Waals surface area contributed by atoms with Gasteiger partial charge < -0.3 is 14.2 Å². The smallest absolute Gasteiger partial charge is 0.289 e. The van der Waals surface area contributed by atoms with E-state index in [1.807, 2.05) is 0 Å². The standard InChI is InChI=1S/C20H21FN2O3/c21-16-5-6-17-15(13-16)3-1-9-23(17)19(24)14-7-10-22(11-8-14)20(25)18-4-2-12-26-18/h2,4-6,12-14H,1,3,7-11H2. The lowest BCUT2D eigenvalue weighted by atomic mass is 9.93. The maximum atomic E-state index is 13.5. The van der Waals surface area contributed by atoms with Crippen LogP contribution in [0.2, 0.25) is 0 Å². The topological polar surface area (TPSA) is 53.8 Å². The van der Waals surface area contributed by atoms with Crippen LogP contribution in [0.3, 0.4) is 0 Å². The van der Waals surface area contributed by atoms with Crippen LogP contribution in [0, 0.1) is 11.7 Å². The monoisotopic (exact) mass is 356 g/mol. The van der Waals surface area contributed by atoms with Crippen molar-refractivity contribution in [3.8, 4) is 0 Å². The second-order valence-electron chi connectivity index (χ2n) is 6.91. The Bertz CT molecular complexity index is 810. The highest BCUT2D eigenvalue weighted by atomic mass is 19.1. The Hall–Kier alpha value is -2.63. The van der Waals surface area contributed by atoms with Gasteiger partial charge in [-0.3, -0.25) is 9.59 Å². The molecular weight excluding hydrogens is 335 g/mol. The molecule has 6 heteroatoms. The average Bonchev–Trinajstić information content (AvgIpc) is 3.21. The molecule has 0 N–H and O–H groups in total. The quantitative estimate of drug-likeness (QED) is 0.830. The summed E-state index contributed by atoms with van der Waals surface area (Å²) >= 11 is 0. The predicted octanol–water partition coefficient (Wildman–Crippen LogP) is 3.25. The number of hydrogen-bond acceptors (Lipinski definition) is 3. The molecule has 136 valence electrons. The Kier molecular flexibility index (Phi) is 4.49. The summed E-state index contributed by atoms with van der Waals surface area (Å²) in [5.74, 6) is -0.0708. The van der Waals surface area contributed by atoms with E-state index < -0.39 is 0 Å². The summed E-state index contributed by atoms with van der Waals surface area (Å²) in [5.41, 5.74) is 1.73. The van der Waals surface area contributed by atoms with E-state index in [0.29, 0.717) is 38.2 Å². The molecule has 0 bridgehead atoms. The molecule has 1 fully saturated rings. The van der Waals surface area contributed by atoms with Gasteiger partial charge in [0.1, 0.15) is 5.82 Å². The van der Waals surface area contributed by atoms with Crippen molar-refractivity contribution in [3.05, 3.63) is 53.7 Å². The summed E-state index contributed by atoms with van der Waals surface area (Å²) in [4.78, 5) is 28.9. The van der Waals surface area contributed by atoms with E-state index in [2.05, 4.69) is 0 Å². The van der Waals surface area contributed by atoms with E-state index in [1.54, 1.807) is 28.0 Å². The summed E-state index contributed by atoms with van der Waals surface area (Å²) in [7, 11) is 0. The first-order chi connectivity index (χ1) is 12.6. The summed E-state index contributed by atoms with van der Waals surface area (Å²) in [6.45, 7) is 1.75. The lowest BCUT2D eigenvalue weighted by Gasteiger charge is -2.36.